The van der Waals surface area contributed by atoms with Crippen molar-refractivity contribution in [2.75, 3.05) is 11.5 Å². The topological polar surface area (TPSA) is 88.0 Å². The summed E-state index contributed by atoms with van der Waals surface area (Å²) in [6, 6.07) is 1.65. The van der Waals surface area contributed by atoms with E-state index in [-0.39, 0.29) is 0 Å². The molecule has 0 saturated carbocycles. The third kappa shape index (κ3) is 6.55. The molecule has 4 nitrogen and oxygen atoms in total. The van der Waals surface area contributed by atoms with Crippen LogP contribution >= 0.6 is 45.6 Å². The van der Waals surface area contributed by atoms with E-state index in [1.54, 1.807) is 12.3 Å². The van der Waals surface area contributed by atoms with Crippen LogP contribution in [0.2, 0.25) is 0 Å². The third-order valence-electron chi connectivity index (χ3n) is 0.975. The highest BCUT2D eigenvalue weighted by Crippen LogP contribution is 2.21. The van der Waals surface area contributed by atoms with Gasteiger partial charge in [0, 0.05) is 6.20 Å². The SMILES string of the molecule is Nc1ccnc(Br)c1N.[O-][S+](Br)Br. The lowest BCUT2D eigenvalue weighted by atomic mass is 10.4. The van der Waals surface area contributed by atoms with Crippen LogP contribution in [0.25, 0.3) is 0 Å². The number of halogens is 3. The summed E-state index contributed by atoms with van der Waals surface area (Å²) in [5, 5.41) is 0. The molecule has 0 atom stereocenters. The van der Waals surface area contributed by atoms with Crippen molar-refractivity contribution in [1.29, 1.82) is 0 Å². The fraction of sp³-hybridized carbons (Fsp3) is 0. The molecule has 1 aromatic rings. The lowest BCUT2D eigenvalue weighted by Gasteiger charge is -1.98. The Morgan fingerprint density at radius 1 is 1.38 bits per heavy atom. The first-order valence-corrected chi connectivity index (χ1v) is 8.47. The smallest absolute Gasteiger partial charge is 0.244 e. The van der Waals surface area contributed by atoms with Crippen molar-refractivity contribution >= 4 is 65.0 Å². The van der Waals surface area contributed by atoms with Crippen molar-refractivity contribution in [2.24, 2.45) is 0 Å². The van der Waals surface area contributed by atoms with Crippen LogP contribution in [0, 0.1) is 0 Å². The molecule has 0 aliphatic heterocycles. The zero-order valence-corrected chi connectivity index (χ0v) is 11.8. The second kappa shape index (κ2) is 6.88. The van der Waals surface area contributed by atoms with Gasteiger partial charge in [0.05, 0.1) is 11.4 Å². The molecule has 0 fully saturated rings. The zero-order valence-electron chi connectivity index (χ0n) is 6.21. The monoisotopic (exact) mass is 393 g/mol. The first-order chi connectivity index (χ1) is 5.95. The van der Waals surface area contributed by atoms with Crippen LogP contribution in [-0.4, -0.2) is 9.54 Å². The molecule has 0 saturated heterocycles. The van der Waals surface area contributed by atoms with Gasteiger partial charge >= 0.3 is 0 Å². The molecule has 0 spiro atoms. The molecule has 0 unspecified atom stereocenters. The van der Waals surface area contributed by atoms with Crippen molar-refractivity contribution in [1.82, 2.24) is 4.98 Å². The standard InChI is InChI=1S/C5H6BrN3.Br2OS/c6-5-4(8)3(7)1-2-9-5;1-4(2)3/h1-2H,8H2,(H2,7,9);. The Morgan fingerprint density at radius 3 is 2.15 bits per heavy atom. The molecule has 0 bridgehead atoms. The van der Waals surface area contributed by atoms with Gasteiger partial charge in [-0.05, 0) is 22.0 Å². The predicted molar refractivity (Wildman–Crippen MR) is 66.8 cm³/mol. The molecule has 1 aromatic heterocycles. The first-order valence-electron chi connectivity index (χ1n) is 2.85. The lowest BCUT2D eigenvalue weighted by molar-refractivity contribution is 0.624. The molecular weight excluding hydrogens is 390 g/mol. The minimum absolute atomic E-state index is 0.498. The molecule has 0 aromatic carbocycles. The van der Waals surface area contributed by atoms with Crippen LogP contribution in [0.3, 0.4) is 0 Å². The molecule has 0 amide bonds. The zero-order chi connectivity index (χ0) is 10.4. The Labute approximate surface area is 102 Å². The van der Waals surface area contributed by atoms with E-state index in [0.717, 1.165) is 0 Å². The normalized spacial score (nSPS) is 9.31. The number of anilines is 2. The number of hydrogen-bond acceptors (Lipinski definition) is 4. The van der Waals surface area contributed by atoms with E-state index in [9.17, 15) is 4.55 Å². The Hall–Kier alpha value is 0.500. The average molecular weight is 396 g/mol. The molecule has 13 heavy (non-hydrogen) atoms. The number of rotatable bonds is 0. The van der Waals surface area contributed by atoms with Gasteiger partial charge < -0.3 is 16.0 Å². The van der Waals surface area contributed by atoms with Gasteiger partial charge in [-0.15, -0.1) is 0 Å². The summed E-state index contributed by atoms with van der Waals surface area (Å²) < 4.78 is 9.99. The molecule has 4 N–H and O–H groups in total. The summed E-state index contributed by atoms with van der Waals surface area (Å²) >= 11 is 8.45. The Bertz CT molecular complexity index is 250. The van der Waals surface area contributed by atoms with Crippen LogP contribution in [-0.2, 0) is 8.04 Å². The largest absolute Gasteiger partial charge is 0.596 e. The molecular formula is C5H6Br3N3OS. The van der Waals surface area contributed by atoms with Gasteiger partial charge in [0.15, 0.2) is 0 Å². The van der Waals surface area contributed by atoms with Crippen molar-refractivity contribution in [2.45, 2.75) is 0 Å². The van der Waals surface area contributed by atoms with E-state index in [4.69, 9.17) is 11.5 Å². The summed E-state index contributed by atoms with van der Waals surface area (Å²) in [6.45, 7) is 0. The summed E-state index contributed by atoms with van der Waals surface area (Å²) in [4.78, 5) is 3.85. The Kier molecular flexibility index (Phi) is 7.15. The first kappa shape index (κ1) is 13.5. The number of nitrogens with two attached hydrogens (primary N) is 2. The van der Waals surface area contributed by atoms with Crippen molar-refractivity contribution < 1.29 is 4.55 Å². The number of hydrogen-bond donors (Lipinski definition) is 2. The van der Waals surface area contributed by atoms with E-state index in [1.165, 1.54) is 0 Å². The predicted octanol–water partition coefficient (Wildman–Crippen LogP) is 2.36. The van der Waals surface area contributed by atoms with E-state index in [2.05, 4.69) is 50.5 Å². The lowest BCUT2D eigenvalue weighted by Crippen LogP contribution is -1.95. The summed E-state index contributed by atoms with van der Waals surface area (Å²) in [7, 11) is -0.986. The van der Waals surface area contributed by atoms with Crippen LogP contribution in [0.15, 0.2) is 16.9 Å². The molecule has 1 rings (SSSR count). The van der Waals surface area contributed by atoms with Crippen molar-refractivity contribution in [3.63, 3.8) is 0 Å². The summed E-state index contributed by atoms with van der Waals surface area (Å²) in [5.41, 5.74) is 11.9. The number of nitrogens with zero attached hydrogens (tertiary/aromatic N) is 1. The molecule has 1 heterocycles. The molecule has 8 heteroatoms. The highest BCUT2D eigenvalue weighted by Gasteiger charge is 1.96. The molecule has 0 radical (unpaired) electrons. The number of nitrogen functional groups attached to an aromatic ring is 2. The maximum absolute atomic E-state index is 9.39. The van der Waals surface area contributed by atoms with E-state index in [0.29, 0.717) is 16.0 Å². The fourth-order valence-corrected chi connectivity index (χ4v) is 0.809. The Morgan fingerprint density at radius 2 is 1.85 bits per heavy atom. The van der Waals surface area contributed by atoms with Gasteiger partial charge in [-0.1, -0.05) is 0 Å². The van der Waals surface area contributed by atoms with Crippen molar-refractivity contribution in [3.8, 4) is 0 Å². The van der Waals surface area contributed by atoms with Gasteiger partial charge in [-0.2, -0.15) is 0 Å². The number of aromatic nitrogens is 1. The molecule has 74 valence electrons. The quantitative estimate of drug-likeness (QED) is 0.521. The highest BCUT2D eigenvalue weighted by atomic mass is 79.9. The maximum atomic E-state index is 9.39. The fourth-order valence-electron chi connectivity index (χ4n) is 0.461. The van der Waals surface area contributed by atoms with Gasteiger partial charge in [-0.3, -0.25) is 0 Å². The van der Waals surface area contributed by atoms with Crippen LogP contribution in [0.5, 0.6) is 0 Å². The number of pyridine rings is 1. The van der Waals surface area contributed by atoms with Crippen molar-refractivity contribution in [3.05, 3.63) is 16.9 Å². The molecule has 0 aliphatic rings. The van der Waals surface area contributed by atoms with E-state index < -0.39 is 8.04 Å². The maximum Gasteiger partial charge on any atom is 0.244 e. The summed E-state index contributed by atoms with van der Waals surface area (Å²) in [5.74, 6) is 0. The van der Waals surface area contributed by atoms with E-state index >= 15 is 0 Å². The van der Waals surface area contributed by atoms with Gasteiger partial charge in [0.2, 0.25) is 29.6 Å². The van der Waals surface area contributed by atoms with Gasteiger partial charge in [-0.25, -0.2) is 4.98 Å². The third-order valence-corrected chi connectivity index (χ3v) is 1.61. The van der Waals surface area contributed by atoms with Gasteiger partial charge in [0.1, 0.15) is 12.6 Å². The second-order valence-corrected chi connectivity index (χ2v) is 9.04. The highest BCUT2D eigenvalue weighted by molar-refractivity contribution is 9.79. The van der Waals surface area contributed by atoms with Crippen LogP contribution < -0.4 is 11.5 Å². The van der Waals surface area contributed by atoms with E-state index in [1.807, 2.05) is 0 Å². The molecule has 0 aliphatic carbocycles. The van der Waals surface area contributed by atoms with Crippen LogP contribution in [0.1, 0.15) is 0 Å². The minimum Gasteiger partial charge on any atom is -0.596 e. The average Bonchev–Trinajstić information content (AvgIpc) is 1.99. The minimum atomic E-state index is -0.986. The Balaban J connectivity index is 0.000000310. The van der Waals surface area contributed by atoms with Gasteiger partial charge in [0.25, 0.3) is 0 Å². The van der Waals surface area contributed by atoms with Crippen LogP contribution in [0.4, 0.5) is 11.4 Å². The summed E-state index contributed by atoms with van der Waals surface area (Å²) in [6.07, 6.45) is 1.59. The second-order valence-electron chi connectivity index (χ2n) is 1.79.